The molecule has 0 bridgehead atoms. The van der Waals surface area contributed by atoms with Crippen LogP contribution in [0.5, 0.6) is 0 Å². The van der Waals surface area contributed by atoms with E-state index in [2.05, 4.69) is 15.3 Å². The highest BCUT2D eigenvalue weighted by Crippen LogP contribution is 2.29. The summed E-state index contributed by atoms with van der Waals surface area (Å²) < 4.78 is 0. The first-order chi connectivity index (χ1) is 13.6. The predicted octanol–water partition coefficient (Wildman–Crippen LogP) is 5.82. The molecule has 0 aliphatic rings. The Morgan fingerprint density at radius 3 is 2.71 bits per heavy atom. The molecule has 8 heteroatoms. The van der Waals surface area contributed by atoms with E-state index in [1.807, 2.05) is 54.1 Å². The van der Waals surface area contributed by atoms with Gasteiger partial charge < -0.3 is 5.32 Å². The van der Waals surface area contributed by atoms with Gasteiger partial charge in [-0.25, -0.2) is 9.97 Å². The monoisotopic (exact) mass is 445 g/mol. The Morgan fingerprint density at radius 1 is 1.14 bits per heavy atom. The molecule has 1 amide bonds. The number of carbonyl (C=O) groups excluding carboxylic acids is 1. The van der Waals surface area contributed by atoms with Gasteiger partial charge in [0, 0.05) is 20.8 Å². The fourth-order valence-corrected chi connectivity index (χ4v) is 5.36. The Bertz CT molecular complexity index is 1080. The number of nitrogens with zero attached hydrogens (tertiary/aromatic N) is 2. The zero-order valence-corrected chi connectivity index (χ0v) is 18.1. The number of nitrogens with one attached hydrogen (secondary N) is 1. The molecule has 28 heavy (non-hydrogen) atoms. The number of aromatic nitrogens is 2. The Labute approximate surface area is 179 Å². The van der Waals surface area contributed by atoms with Crippen molar-refractivity contribution in [3.05, 3.63) is 67.8 Å². The molecule has 0 fully saturated rings. The normalized spacial score (nSPS) is 10.9. The smallest absolute Gasteiger partial charge is 0.226 e. The number of aryl methyl sites for hydroxylation is 1. The first-order valence-corrected chi connectivity index (χ1v) is 11.5. The minimum Gasteiger partial charge on any atom is -0.349 e. The minimum atomic E-state index is -0.0519. The number of carbonyl (C=O) groups is 1. The second-order valence-electron chi connectivity index (χ2n) is 6.09. The van der Waals surface area contributed by atoms with E-state index >= 15 is 0 Å². The molecular weight excluding hydrogens is 430 g/mol. The molecular formula is C20H16ClN3OS3. The topological polar surface area (TPSA) is 54.9 Å². The minimum absolute atomic E-state index is 0.0519. The fourth-order valence-electron chi connectivity index (χ4n) is 2.71. The highest BCUT2D eigenvalue weighted by Gasteiger charge is 2.13. The number of hydrogen-bond acceptors (Lipinski definition) is 6. The Hall–Kier alpha value is -2.06. The number of amides is 1. The molecule has 3 aromatic heterocycles. The van der Waals surface area contributed by atoms with Gasteiger partial charge in [0.1, 0.15) is 10.0 Å². The summed E-state index contributed by atoms with van der Waals surface area (Å²) in [6, 6.07) is 11.7. The van der Waals surface area contributed by atoms with E-state index < -0.39 is 0 Å². The molecule has 0 radical (unpaired) electrons. The van der Waals surface area contributed by atoms with Crippen LogP contribution in [0.3, 0.4) is 0 Å². The lowest BCUT2D eigenvalue weighted by Gasteiger charge is -2.01. The second kappa shape index (κ2) is 8.53. The van der Waals surface area contributed by atoms with E-state index in [9.17, 15) is 4.79 Å². The van der Waals surface area contributed by atoms with Crippen molar-refractivity contribution in [1.29, 1.82) is 0 Å². The Balaban J connectivity index is 1.36. The second-order valence-corrected chi connectivity index (χ2v) is 9.62. The van der Waals surface area contributed by atoms with Gasteiger partial charge in [0.15, 0.2) is 0 Å². The van der Waals surface area contributed by atoms with E-state index in [4.69, 9.17) is 11.6 Å². The van der Waals surface area contributed by atoms with Crippen LogP contribution in [-0.2, 0) is 17.8 Å². The zero-order valence-electron chi connectivity index (χ0n) is 14.9. The van der Waals surface area contributed by atoms with Crippen LogP contribution in [0.2, 0.25) is 5.02 Å². The van der Waals surface area contributed by atoms with Crippen LogP contribution < -0.4 is 5.32 Å². The van der Waals surface area contributed by atoms with Crippen LogP contribution >= 0.6 is 45.6 Å². The number of thiazole rings is 2. The summed E-state index contributed by atoms with van der Waals surface area (Å²) in [5.74, 6) is -0.0519. The average Bonchev–Trinajstić information content (AvgIpc) is 3.41. The molecule has 0 atom stereocenters. The Morgan fingerprint density at radius 2 is 1.96 bits per heavy atom. The summed E-state index contributed by atoms with van der Waals surface area (Å²) >= 11 is 10.8. The van der Waals surface area contributed by atoms with Gasteiger partial charge in [0.25, 0.3) is 0 Å². The maximum atomic E-state index is 12.3. The molecule has 0 unspecified atom stereocenters. The van der Waals surface area contributed by atoms with Gasteiger partial charge in [-0.2, -0.15) is 0 Å². The van der Waals surface area contributed by atoms with Gasteiger partial charge in [-0.1, -0.05) is 29.8 Å². The van der Waals surface area contributed by atoms with Crippen molar-refractivity contribution >= 4 is 51.5 Å². The molecule has 0 aliphatic carbocycles. The summed E-state index contributed by atoms with van der Waals surface area (Å²) in [6.45, 7) is 2.45. The summed E-state index contributed by atoms with van der Waals surface area (Å²) in [6.07, 6.45) is 0.274. The fraction of sp³-hybridized carbons (Fsp3) is 0.150. The maximum Gasteiger partial charge on any atom is 0.226 e. The van der Waals surface area contributed by atoms with Crippen molar-refractivity contribution in [2.24, 2.45) is 0 Å². The van der Waals surface area contributed by atoms with Crippen LogP contribution in [0.4, 0.5) is 0 Å². The number of benzene rings is 1. The van der Waals surface area contributed by atoms with Crippen molar-refractivity contribution in [2.45, 2.75) is 19.9 Å². The molecule has 4 rings (SSSR count). The van der Waals surface area contributed by atoms with Gasteiger partial charge in [0.05, 0.1) is 29.2 Å². The summed E-state index contributed by atoms with van der Waals surface area (Å²) in [5, 5.41) is 9.46. The van der Waals surface area contributed by atoms with Crippen LogP contribution in [0.25, 0.3) is 21.1 Å². The first kappa shape index (κ1) is 19.3. The van der Waals surface area contributed by atoms with E-state index in [1.54, 1.807) is 34.0 Å². The van der Waals surface area contributed by atoms with Crippen molar-refractivity contribution in [3.63, 3.8) is 0 Å². The summed E-state index contributed by atoms with van der Waals surface area (Å²) in [5.41, 5.74) is 2.76. The molecule has 3 heterocycles. The van der Waals surface area contributed by atoms with Crippen LogP contribution in [0, 0.1) is 6.92 Å². The number of halogens is 1. The lowest BCUT2D eigenvalue weighted by Crippen LogP contribution is -2.24. The maximum absolute atomic E-state index is 12.3. The highest BCUT2D eigenvalue weighted by atomic mass is 35.5. The van der Waals surface area contributed by atoms with Crippen LogP contribution in [0.15, 0.2) is 47.2 Å². The molecule has 0 aliphatic heterocycles. The standard InChI is InChI=1S/C20H16ClN3OS3/c1-12-19(13-4-6-14(21)7-5-13)24-18(28-12)10-22-17(25)9-15-11-27-20(23-15)16-3-2-8-26-16/h2-8,11H,9-10H2,1H3,(H,22,25). The lowest BCUT2D eigenvalue weighted by molar-refractivity contribution is -0.120. The Kier molecular flexibility index (Phi) is 5.87. The van der Waals surface area contributed by atoms with Crippen molar-refractivity contribution < 1.29 is 4.79 Å². The predicted molar refractivity (Wildman–Crippen MR) is 118 cm³/mol. The summed E-state index contributed by atoms with van der Waals surface area (Å²) in [4.78, 5) is 23.8. The van der Waals surface area contributed by atoms with Gasteiger partial charge in [-0.3, -0.25) is 4.79 Å². The van der Waals surface area contributed by atoms with E-state index in [-0.39, 0.29) is 12.3 Å². The molecule has 0 saturated heterocycles. The van der Waals surface area contributed by atoms with E-state index in [1.165, 1.54) is 0 Å². The summed E-state index contributed by atoms with van der Waals surface area (Å²) in [7, 11) is 0. The average molecular weight is 446 g/mol. The molecule has 4 nitrogen and oxygen atoms in total. The molecule has 0 saturated carbocycles. The quantitative estimate of drug-likeness (QED) is 0.407. The van der Waals surface area contributed by atoms with Crippen molar-refractivity contribution in [2.75, 3.05) is 0 Å². The van der Waals surface area contributed by atoms with E-state index in [0.29, 0.717) is 11.6 Å². The lowest BCUT2D eigenvalue weighted by atomic mass is 10.1. The molecule has 4 aromatic rings. The largest absolute Gasteiger partial charge is 0.349 e. The highest BCUT2D eigenvalue weighted by molar-refractivity contribution is 7.20. The first-order valence-electron chi connectivity index (χ1n) is 8.56. The van der Waals surface area contributed by atoms with Gasteiger partial charge in [0.2, 0.25) is 5.91 Å². The number of hydrogen-bond donors (Lipinski definition) is 1. The van der Waals surface area contributed by atoms with Crippen molar-refractivity contribution in [1.82, 2.24) is 15.3 Å². The van der Waals surface area contributed by atoms with Crippen molar-refractivity contribution in [3.8, 4) is 21.1 Å². The van der Waals surface area contributed by atoms with Crippen LogP contribution in [0.1, 0.15) is 15.6 Å². The van der Waals surface area contributed by atoms with E-state index in [0.717, 1.165) is 36.7 Å². The molecule has 142 valence electrons. The molecule has 1 N–H and O–H groups in total. The molecule has 0 spiro atoms. The third kappa shape index (κ3) is 4.50. The molecule has 1 aromatic carbocycles. The third-order valence-electron chi connectivity index (χ3n) is 4.02. The van der Waals surface area contributed by atoms with Gasteiger partial charge in [-0.05, 0) is 30.5 Å². The van der Waals surface area contributed by atoms with Gasteiger partial charge in [-0.15, -0.1) is 34.0 Å². The SMILES string of the molecule is Cc1sc(CNC(=O)Cc2csc(-c3cccs3)n2)nc1-c1ccc(Cl)cc1. The third-order valence-corrected chi connectivity index (χ3v) is 7.17. The van der Waals surface area contributed by atoms with Crippen LogP contribution in [-0.4, -0.2) is 15.9 Å². The zero-order chi connectivity index (χ0) is 19.5. The number of thiophene rings is 1. The van der Waals surface area contributed by atoms with Gasteiger partial charge >= 0.3 is 0 Å². The number of rotatable bonds is 6.